The minimum absolute atomic E-state index is 0.515. The van der Waals surface area contributed by atoms with Crippen molar-refractivity contribution in [3.05, 3.63) is 155 Å². The van der Waals surface area contributed by atoms with E-state index in [0.717, 1.165) is 68.5 Å². The lowest BCUT2D eigenvalue weighted by atomic mass is 10.00. The Balaban J connectivity index is 1.36. The van der Waals surface area contributed by atoms with Gasteiger partial charge in [-0.25, -0.2) is 0 Å². The van der Waals surface area contributed by atoms with Gasteiger partial charge in [0.25, 0.3) is 0 Å². The molecule has 47 heavy (non-hydrogen) atoms. The highest BCUT2D eigenvalue weighted by atomic mass is 16.5. The minimum atomic E-state index is 0.515. The smallest absolute Gasteiger partial charge is 0.0701 e. The molecule has 4 aromatic heterocycles. The topological polar surface area (TPSA) is 103 Å². The lowest BCUT2D eigenvalue weighted by Crippen LogP contribution is -2.25. The normalized spacial score (nSPS) is 11.4. The average molecular weight is 632 g/mol. The summed E-state index contributed by atoms with van der Waals surface area (Å²) in [5.74, 6) is 0. The Bertz CT molecular complexity index is 1480. The molecule has 0 spiro atoms. The molecule has 2 N–H and O–H groups in total. The summed E-state index contributed by atoms with van der Waals surface area (Å²) in [5.41, 5.74) is 13.4. The Kier molecular flexibility index (Phi) is 14.0. The van der Waals surface area contributed by atoms with Crippen LogP contribution in [-0.4, -0.2) is 62.7 Å². The zero-order valence-electron chi connectivity index (χ0n) is 27.0. The van der Waals surface area contributed by atoms with E-state index in [1.807, 2.05) is 73.3 Å². The number of pyridine rings is 4. The summed E-state index contributed by atoms with van der Waals surface area (Å²) in [4.78, 5) is 23.2. The number of hydrogen-bond acceptors (Lipinski definition) is 9. The fraction of sp³-hybridized carbons (Fsp3) is 0.316. The maximum atomic E-state index is 5.99. The number of benzene rings is 1. The monoisotopic (exact) mass is 631 g/mol. The molecule has 0 amide bonds. The highest BCUT2D eigenvalue weighted by Crippen LogP contribution is 2.21. The summed E-state index contributed by atoms with van der Waals surface area (Å²) < 4.78 is 11.5. The summed E-state index contributed by atoms with van der Waals surface area (Å²) in [6, 6.07) is 31.1. The van der Waals surface area contributed by atoms with Crippen LogP contribution in [0.1, 0.15) is 39.5 Å². The Labute approximate surface area is 278 Å². The number of nitrogens with zero attached hydrogens (tertiary/aromatic N) is 6. The number of hydrogen-bond donors (Lipinski definition) is 1. The van der Waals surface area contributed by atoms with E-state index >= 15 is 0 Å². The van der Waals surface area contributed by atoms with Gasteiger partial charge in [-0.15, -0.1) is 0 Å². The van der Waals surface area contributed by atoms with Gasteiger partial charge in [-0.05, 0) is 71.6 Å². The molecule has 9 heteroatoms. The van der Waals surface area contributed by atoms with Crippen molar-refractivity contribution in [3.63, 3.8) is 0 Å². The zero-order valence-corrected chi connectivity index (χ0v) is 27.0. The lowest BCUT2D eigenvalue weighted by molar-refractivity contribution is 0.0518. The summed E-state index contributed by atoms with van der Waals surface area (Å²) in [5, 5.41) is 0. The van der Waals surface area contributed by atoms with Crippen molar-refractivity contribution in [1.29, 1.82) is 0 Å². The molecule has 0 saturated carbocycles. The molecule has 5 aromatic rings. The van der Waals surface area contributed by atoms with Crippen LogP contribution in [0, 0.1) is 0 Å². The van der Waals surface area contributed by atoms with Crippen molar-refractivity contribution in [2.45, 2.75) is 45.7 Å². The molecule has 0 aliphatic carbocycles. The van der Waals surface area contributed by atoms with Gasteiger partial charge in [-0.3, -0.25) is 29.7 Å². The van der Waals surface area contributed by atoms with Crippen LogP contribution in [0.5, 0.6) is 0 Å². The minimum Gasteiger partial charge on any atom is -0.379 e. The Hall–Kier alpha value is -4.38. The molecule has 0 fully saturated rings. The average Bonchev–Trinajstić information content (AvgIpc) is 3.10. The Morgan fingerprint density at radius 2 is 0.936 bits per heavy atom. The molecule has 5 rings (SSSR count). The van der Waals surface area contributed by atoms with E-state index in [2.05, 4.69) is 72.2 Å². The molecule has 9 nitrogen and oxygen atoms in total. The van der Waals surface area contributed by atoms with Crippen molar-refractivity contribution in [2.24, 2.45) is 5.73 Å². The van der Waals surface area contributed by atoms with Gasteiger partial charge in [-0.2, -0.15) is 0 Å². The molecule has 4 heterocycles. The van der Waals surface area contributed by atoms with E-state index in [4.69, 9.17) is 15.2 Å². The first-order chi connectivity index (χ1) is 23.2. The first-order valence-corrected chi connectivity index (χ1v) is 16.3. The highest BCUT2D eigenvalue weighted by molar-refractivity contribution is 5.33. The van der Waals surface area contributed by atoms with Crippen LogP contribution < -0.4 is 5.73 Å². The highest BCUT2D eigenvalue weighted by Gasteiger charge is 2.15. The fourth-order valence-corrected chi connectivity index (χ4v) is 5.47. The van der Waals surface area contributed by atoms with E-state index < -0.39 is 0 Å². The molecule has 0 aliphatic heterocycles. The number of nitrogens with two attached hydrogens (primary N) is 1. The van der Waals surface area contributed by atoms with E-state index in [1.165, 1.54) is 16.7 Å². The van der Waals surface area contributed by atoms with E-state index in [9.17, 15) is 0 Å². The lowest BCUT2D eigenvalue weighted by Gasteiger charge is -2.25. The van der Waals surface area contributed by atoms with Gasteiger partial charge in [0.15, 0.2) is 0 Å². The fourth-order valence-electron chi connectivity index (χ4n) is 5.47. The quantitative estimate of drug-likeness (QED) is 0.116. The van der Waals surface area contributed by atoms with Gasteiger partial charge < -0.3 is 15.2 Å². The molecule has 0 saturated heterocycles. The molecule has 0 unspecified atom stereocenters. The van der Waals surface area contributed by atoms with Crippen LogP contribution in [0.25, 0.3) is 0 Å². The zero-order chi connectivity index (χ0) is 32.4. The second-order valence-electron chi connectivity index (χ2n) is 11.4. The molecular weight excluding hydrogens is 586 g/mol. The predicted molar refractivity (Wildman–Crippen MR) is 184 cm³/mol. The van der Waals surface area contributed by atoms with Crippen LogP contribution in [0.2, 0.25) is 0 Å². The van der Waals surface area contributed by atoms with Crippen molar-refractivity contribution in [1.82, 2.24) is 29.7 Å². The van der Waals surface area contributed by atoms with Crippen LogP contribution in [0.4, 0.5) is 0 Å². The maximum Gasteiger partial charge on any atom is 0.0701 e. The van der Waals surface area contributed by atoms with Crippen molar-refractivity contribution < 1.29 is 9.47 Å². The van der Waals surface area contributed by atoms with Crippen LogP contribution in [-0.2, 0) is 55.2 Å². The molecule has 0 bridgehead atoms. The maximum absolute atomic E-state index is 5.99. The van der Waals surface area contributed by atoms with Crippen LogP contribution >= 0.6 is 0 Å². The first kappa shape index (κ1) is 34.0. The summed E-state index contributed by atoms with van der Waals surface area (Å²) in [6.07, 6.45) is 8.20. The summed E-state index contributed by atoms with van der Waals surface area (Å²) in [7, 11) is 0. The van der Waals surface area contributed by atoms with Gasteiger partial charge >= 0.3 is 0 Å². The van der Waals surface area contributed by atoms with E-state index in [0.29, 0.717) is 33.0 Å². The third kappa shape index (κ3) is 12.1. The van der Waals surface area contributed by atoms with Gasteiger partial charge in [0.1, 0.15) is 0 Å². The van der Waals surface area contributed by atoms with Crippen molar-refractivity contribution in [3.8, 4) is 0 Å². The molecular formula is C38H45N7O2. The first-order valence-electron chi connectivity index (χ1n) is 16.3. The number of ether oxygens (including phenoxy) is 2. The van der Waals surface area contributed by atoms with Gasteiger partial charge in [-0.1, -0.05) is 42.5 Å². The van der Waals surface area contributed by atoms with E-state index in [1.54, 1.807) is 0 Å². The molecule has 0 atom stereocenters. The van der Waals surface area contributed by atoms with Crippen LogP contribution in [0.3, 0.4) is 0 Å². The predicted octanol–water partition coefficient (Wildman–Crippen LogP) is 5.21. The third-order valence-corrected chi connectivity index (χ3v) is 7.67. The molecule has 0 radical (unpaired) electrons. The van der Waals surface area contributed by atoms with Crippen molar-refractivity contribution >= 4 is 0 Å². The molecule has 0 aliphatic rings. The SMILES string of the molecule is NCCOCCOCCc1cc(CN(Cc2ccccn2)Cc2ccccn2)ccc1CN(Cc1ccccn1)Cc1ccccn1. The van der Waals surface area contributed by atoms with Gasteiger partial charge in [0, 0.05) is 70.6 Å². The van der Waals surface area contributed by atoms with Gasteiger partial charge in [0.2, 0.25) is 0 Å². The standard InChI is InChI=1S/C38H45N7O2/c39-16-22-47-24-23-46-21-15-33-25-32(26-44(28-35-9-1-5-17-40-35)29-36-10-2-6-18-41-36)13-14-34(33)27-45(30-37-11-3-7-19-42-37)31-38-12-4-8-20-43-38/h1-14,17-20,25H,15-16,21-24,26-31,39H2. The second-order valence-corrected chi connectivity index (χ2v) is 11.4. The third-order valence-electron chi connectivity index (χ3n) is 7.67. The largest absolute Gasteiger partial charge is 0.379 e. The molecule has 1 aromatic carbocycles. The van der Waals surface area contributed by atoms with Crippen LogP contribution in [0.15, 0.2) is 116 Å². The van der Waals surface area contributed by atoms with Crippen molar-refractivity contribution in [2.75, 3.05) is 33.0 Å². The summed E-state index contributed by atoms with van der Waals surface area (Å²) in [6.45, 7) is 7.16. The van der Waals surface area contributed by atoms with Gasteiger partial charge in [0.05, 0.1) is 49.2 Å². The number of aromatic nitrogens is 4. The second kappa shape index (κ2) is 19.3. The summed E-state index contributed by atoms with van der Waals surface area (Å²) >= 11 is 0. The number of rotatable bonds is 20. The Morgan fingerprint density at radius 3 is 1.38 bits per heavy atom. The molecule has 244 valence electrons. The Morgan fingerprint density at radius 1 is 0.468 bits per heavy atom. The van der Waals surface area contributed by atoms with E-state index in [-0.39, 0.29) is 0 Å².